The molecule has 11 heteroatoms. The molecule has 0 rings (SSSR count). The van der Waals surface area contributed by atoms with E-state index in [4.69, 9.17) is 10.8 Å². The Morgan fingerprint density at radius 3 is 1.96 bits per heavy atom. The van der Waals surface area contributed by atoms with Gasteiger partial charge in [-0.05, 0) is 31.3 Å². The zero-order valence-corrected chi connectivity index (χ0v) is 17.7. The summed E-state index contributed by atoms with van der Waals surface area (Å²) in [6.07, 6.45) is 2.24. The monoisotopic (exact) mass is 422 g/mol. The van der Waals surface area contributed by atoms with Crippen LogP contribution in [0.25, 0.3) is 0 Å². The summed E-state index contributed by atoms with van der Waals surface area (Å²) in [6, 6.07) is -3.73. The highest BCUT2D eigenvalue weighted by atomic mass is 32.2. The maximum Gasteiger partial charge on any atom is 0.327 e. The normalized spacial score (nSPS) is 15.4. The fourth-order valence-corrected chi connectivity index (χ4v) is 2.76. The van der Waals surface area contributed by atoms with E-state index in [-0.39, 0.29) is 11.7 Å². The Morgan fingerprint density at radius 2 is 1.56 bits per heavy atom. The molecular formula is C16H30N4O5S2. The molecule has 0 aromatic heterocycles. The summed E-state index contributed by atoms with van der Waals surface area (Å²) < 4.78 is 0. The van der Waals surface area contributed by atoms with Crippen LogP contribution < -0.4 is 21.7 Å². The number of aliphatic carboxylic acids is 1. The molecule has 0 aliphatic rings. The highest BCUT2D eigenvalue weighted by Gasteiger charge is 2.31. The van der Waals surface area contributed by atoms with Gasteiger partial charge in [-0.2, -0.15) is 24.4 Å². The van der Waals surface area contributed by atoms with Gasteiger partial charge in [-0.1, -0.05) is 13.8 Å². The van der Waals surface area contributed by atoms with E-state index in [9.17, 15) is 19.2 Å². The molecule has 27 heavy (non-hydrogen) atoms. The van der Waals surface area contributed by atoms with Gasteiger partial charge in [0, 0.05) is 5.75 Å². The third-order valence-electron chi connectivity index (χ3n) is 3.70. The lowest BCUT2D eigenvalue weighted by Gasteiger charge is -2.26. The zero-order valence-electron chi connectivity index (χ0n) is 16.0. The number of carboxylic acids is 1. The molecule has 4 unspecified atom stereocenters. The van der Waals surface area contributed by atoms with Crippen LogP contribution in [-0.4, -0.2) is 70.7 Å². The molecule has 156 valence electrons. The van der Waals surface area contributed by atoms with Gasteiger partial charge in [-0.3, -0.25) is 14.4 Å². The Hall–Kier alpha value is -1.46. The van der Waals surface area contributed by atoms with Crippen molar-refractivity contribution in [1.82, 2.24) is 16.0 Å². The van der Waals surface area contributed by atoms with E-state index < -0.39 is 47.9 Å². The highest BCUT2D eigenvalue weighted by Crippen LogP contribution is 2.07. The van der Waals surface area contributed by atoms with Crippen molar-refractivity contribution in [3.8, 4) is 0 Å². The Kier molecular flexibility index (Phi) is 12.1. The Bertz CT molecular complexity index is 531. The van der Waals surface area contributed by atoms with Gasteiger partial charge in [0.2, 0.25) is 17.7 Å². The van der Waals surface area contributed by atoms with Gasteiger partial charge >= 0.3 is 5.97 Å². The van der Waals surface area contributed by atoms with Crippen LogP contribution in [0, 0.1) is 5.92 Å². The fraction of sp³-hybridized carbons (Fsp3) is 0.750. The number of carbonyl (C=O) groups is 4. The van der Waals surface area contributed by atoms with Gasteiger partial charge in [0.05, 0.1) is 6.04 Å². The van der Waals surface area contributed by atoms with Gasteiger partial charge < -0.3 is 26.8 Å². The minimum atomic E-state index is -1.21. The number of amides is 3. The van der Waals surface area contributed by atoms with E-state index in [0.29, 0.717) is 12.2 Å². The van der Waals surface area contributed by atoms with Crippen molar-refractivity contribution in [3.05, 3.63) is 0 Å². The van der Waals surface area contributed by atoms with Crippen molar-refractivity contribution in [3.63, 3.8) is 0 Å². The van der Waals surface area contributed by atoms with E-state index >= 15 is 0 Å². The van der Waals surface area contributed by atoms with Crippen molar-refractivity contribution in [2.45, 2.75) is 51.4 Å². The van der Waals surface area contributed by atoms with Crippen LogP contribution in [0.2, 0.25) is 0 Å². The Labute approximate surface area is 169 Å². The highest BCUT2D eigenvalue weighted by molar-refractivity contribution is 7.98. The summed E-state index contributed by atoms with van der Waals surface area (Å²) in [5.74, 6) is -2.59. The number of hydrogen-bond donors (Lipinski definition) is 6. The number of thiol groups is 1. The maximum absolute atomic E-state index is 12.6. The van der Waals surface area contributed by atoms with Crippen molar-refractivity contribution >= 4 is 48.1 Å². The van der Waals surface area contributed by atoms with Crippen molar-refractivity contribution in [2.75, 3.05) is 17.8 Å². The number of thioether (sulfide) groups is 1. The number of carbonyl (C=O) groups excluding carboxylic acids is 3. The fourth-order valence-electron chi connectivity index (χ4n) is 2.04. The van der Waals surface area contributed by atoms with E-state index in [1.807, 2.05) is 6.26 Å². The van der Waals surface area contributed by atoms with E-state index in [0.717, 1.165) is 0 Å². The first kappa shape index (κ1) is 25.5. The molecule has 0 aliphatic heterocycles. The molecule has 0 saturated heterocycles. The molecule has 0 spiro atoms. The van der Waals surface area contributed by atoms with E-state index in [1.165, 1.54) is 18.7 Å². The first-order valence-corrected chi connectivity index (χ1v) is 10.6. The van der Waals surface area contributed by atoms with Gasteiger partial charge in [0.1, 0.15) is 18.1 Å². The molecule has 0 radical (unpaired) electrons. The molecule has 4 atom stereocenters. The molecule has 0 heterocycles. The maximum atomic E-state index is 12.6. The second kappa shape index (κ2) is 12.8. The molecule has 6 N–H and O–H groups in total. The number of nitrogens with one attached hydrogen (secondary N) is 3. The van der Waals surface area contributed by atoms with Gasteiger partial charge in [-0.25, -0.2) is 4.79 Å². The van der Waals surface area contributed by atoms with Crippen LogP contribution in [0.1, 0.15) is 27.2 Å². The van der Waals surface area contributed by atoms with Crippen molar-refractivity contribution < 1.29 is 24.3 Å². The van der Waals surface area contributed by atoms with E-state index in [1.54, 1.807) is 13.8 Å². The summed E-state index contributed by atoms with van der Waals surface area (Å²) in [5, 5.41) is 16.6. The van der Waals surface area contributed by atoms with Crippen LogP contribution in [0.5, 0.6) is 0 Å². The quantitative estimate of drug-likeness (QED) is 0.226. The second-order valence-electron chi connectivity index (χ2n) is 6.44. The predicted octanol–water partition coefficient (Wildman–Crippen LogP) is -0.788. The lowest BCUT2D eigenvalue weighted by molar-refractivity contribution is -0.142. The lowest BCUT2D eigenvalue weighted by atomic mass is 10.0. The Morgan fingerprint density at radius 1 is 1.00 bits per heavy atom. The summed E-state index contributed by atoms with van der Waals surface area (Å²) in [4.78, 5) is 48.0. The summed E-state index contributed by atoms with van der Waals surface area (Å²) in [6.45, 7) is 4.95. The second-order valence-corrected chi connectivity index (χ2v) is 7.79. The average molecular weight is 423 g/mol. The van der Waals surface area contributed by atoms with Gasteiger partial charge in [0.15, 0.2) is 0 Å². The smallest absolute Gasteiger partial charge is 0.327 e. The molecule has 0 bridgehead atoms. The van der Waals surface area contributed by atoms with Crippen LogP contribution in [0.3, 0.4) is 0 Å². The lowest BCUT2D eigenvalue weighted by Crippen LogP contribution is -2.58. The first-order valence-electron chi connectivity index (χ1n) is 8.54. The molecule has 3 amide bonds. The molecular weight excluding hydrogens is 392 g/mol. The number of nitrogens with two attached hydrogens (primary N) is 1. The molecule has 0 aromatic rings. The number of hydrogen-bond acceptors (Lipinski definition) is 7. The van der Waals surface area contributed by atoms with Crippen LogP contribution >= 0.6 is 24.4 Å². The summed E-state index contributed by atoms with van der Waals surface area (Å²) in [7, 11) is 0. The number of carboxylic acid groups (broad SMARTS) is 1. The molecule has 9 nitrogen and oxygen atoms in total. The molecule has 0 aliphatic carbocycles. The average Bonchev–Trinajstić information content (AvgIpc) is 2.59. The topological polar surface area (TPSA) is 151 Å². The number of rotatable bonds is 12. The van der Waals surface area contributed by atoms with Gasteiger partial charge in [-0.15, -0.1) is 0 Å². The first-order chi connectivity index (χ1) is 12.5. The van der Waals surface area contributed by atoms with Crippen LogP contribution in [0.15, 0.2) is 0 Å². The van der Waals surface area contributed by atoms with Crippen LogP contribution in [0.4, 0.5) is 0 Å². The standard InChI is InChI=1S/C16H30N4O5S2/c1-8(2)12(15(23)19-11(7-26)16(24)25)20-14(22)10(5-6-27-4)18-13(21)9(3)17/h8-12,26H,5-7,17H2,1-4H3,(H,18,21)(H,19,23)(H,20,22)(H,24,25). The van der Waals surface area contributed by atoms with E-state index in [2.05, 4.69) is 28.6 Å². The summed E-state index contributed by atoms with van der Waals surface area (Å²) >= 11 is 5.42. The minimum absolute atomic E-state index is 0.0827. The third kappa shape index (κ3) is 9.34. The largest absolute Gasteiger partial charge is 0.480 e. The zero-order chi connectivity index (χ0) is 21.1. The SMILES string of the molecule is CSCCC(NC(=O)C(C)N)C(=O)NC(C(=O)NC(CS)C(=O)O)C(C)C. The van der Waals surface area contributed by atoms with Crippen molar-refractivity contribution in [2.24, 2.45) is 11.7 Å². The molecule has 0 fully saturated rings. The predicted molar refractivity (Wildman–Crippen MR) is 109 cm³/mol. The van der Waals surface area contributed by atoms with Crippen LogP contribution in [-0.2, 0) is 19.2 Å². The Balaban J connectivity index is 5.20. The molecule has 0 aromatic carbocycles. The third-order valence-corrected chi connectivity index (χ3v) is 4.71. The minimum Gasteiger partial charge on any atom is -0.480 e. The van der Waals surface area contributed by atoms with Crippen molar-refractivity contribution in [1.29, 1.82) is 0 Å². The molecule has 0 saturated carbocycles. The summed E-state index contributed by atoms with van der Waals surface area (Å²) in [5.41, 5.74) is 5.53. The van der Waals surface area contributed by atoms with Gasteiger partial charge in [0.25, 0.3) is 0 Å².